The van der Waals surface area contributed by atoms with Crippen LogP contribution in [0.1, 0.15) is 24.2 Å². The van der Waals surface area contributed by atoms with Gasteiger partial charge in [-0.05, 0) is 29.3 Å². The molecule has 0 radical (unpaired) electrons. The lowest BCUT2D eigenvalue weighted by Crippen LogP contribution is -2.46. The van der Waals surface area contributed by atoms with Gasteiger partial charge in [0.15, 0.2) is 0 Å². The SMILES string of the molecule is CC(c1ccsc1)N1CCN(Cc2ccon2)CC1. The number of nitrogens with zero attached hydrogens (tertiary/aromatic N) is 3. The molecule has 2 aromatic heterocycles. The van der Waals surface area contributed by atoms with Gasteiger partial charge in [0.25, 0.3) is 0 Å². The Labute approximate surface area is 117 Å². The molecule has 0 saturated carbocycles. The highest BCUT2D eigenvalue weighted by Gasteiger charge is 2.22. The second-order valence-electron chi connectivity index (χ2n) is 5.04. The van der Waals surface area contributed by atoms with Crippen LogP contribution < -0.4 is 0 Å². The van der Waals surface area contributed by atoms with Crippen molar-refractivity contribution in [3.8, 4) is 0 Å². The van der Waals surface area contributed by atoms with Crippen molar-refractivity contribution in [3.05, 3.63) is 40.4 Å². The molecule has 1 fully saturated rings. The maximum absolute atomic E-state index is 4.88. The molecule has 3 heterocycles. The molecule has 2 aromatic rings. The van der Waals surface area contributed by atoms with Gasteiger partial charge in [-0.3, -0.25) is 9.80 Å². The largest absolute Gasteiger partial charge is 0.364 e. The summed E-state index contributed by atoms with van der Waals surface area (Å²) in [5, 5.41) is 8.39. The summed E-state index contributed by atoms with van der Waals surface area (Å²) < 4.78 is 4.88. The van der Waals surface area contributed by atoms with Gasteiger partial charge >= 0.3 is 0 Å². The summed E-state index contributed by atoms with van der Waals surface area (Å²) in [4.78, 5) is 5.00. The number of thiophene rings is 1. The molecule has 102 valence electrons. The van der Waals surface area contributed by atoms with E-state index in [1.807, 2.05) is 6.07 Å². The summed E-state index contributed by atoms with van der Waals surface area (Å²) in [6.07, 6.45) is 1.64. The molecule has 0 aromatic carbocycles. The highest BCUT2D eigenvalue weighted by Crippen LogP contribution is 2.23. The molecular formula is C14H19N3OS. The van der Waals surface area contributed by atoms with Crippen LogP contribution in [0.2, 0.25) is 0 Å². The van der Waals surface area contributed by atoms with Gasteiger partial charge in [0.05, 0.1) is 5.69 Å². The molecule has 19 heavy (non-hydrogen) atoms. The Morgan fingerprint density at radius 2 is 2.16 bits per heavy atom. The Morgan fingerprint density at radius 3 is 2.79 bits per heavy atom. The molecule has 0 aliphatic carbocycles. The number of hydrogen-bond donors (Lipinski definition) is 0. The van der Waals surface area contributed by atoms with Gasteiger partial charge in [-0.1, -0.05) is 5.16 Å². The Hall–Kier alpha value is -1.17. The lowest BCUT2D eigenvalue weighted by Gasteiger charge is -2.37. The third-order valence-corrected chi connectivity index (χ3v) is 4.56. The van der Waals surface area contributed by atoms with E-state index in [9.17, 15) is 0 Å². The number of rotatable bonds is 4. The van der Waals surface area contributed by atoms with Crippen molar-refractivity contribution in [1.82, 2.24) is 15.0 Å². The first kappa shape index (κ1) is 12.8. The highest BCUT2D eigenvalue weighted by atomic mass is 32.1. The van der Waals surface area contributed by atoms with Crippen molar-refractivity contribution < 1.29 is 4.52 Å². The molecule has 1 atom stereocenters. The topological polar surface area (TPSA) is 32.5 Å². The van der Waals surface area contributed by atoms with Crippen LogP contribution in [0.5, 0.6) is 0 Å². The predicted molar refractivity (Wildman–Crippen MR) is 76.1 cm³/mol. The van der Waals surface area contributed by atoms with Crippen molar-refractivity contribution in [2.45, 2.75) is 19.5 Å². The molecule has 1 saturated heterocycles. The minimum absolute atomic E-state index is 0.528. The van der Waals surface area contributed by atoms with Crippen molar-refractivity contribution in [2.75, 3.05) is 26.2 Å². The average Bonchev–Trinajstić information content (AvgIpc) is 3.12. The van der Waals surface area contributed by atoms with Crippen LogP contribution in [0.4, 0.5) is 0 Å². The maximum Gasteiger partial charge on any atom is 0.124 e. The minimum Gasteiger partial charge on any atom is -0.364 e. The second-order valence-corrected chi connectivity index (χ2v) is 5.82. The van der Waals surface area contributed by atoms with E-state index >= 15 is 0 Å². The third kappa shape index (κ3) is 3.05. The van der Waals surface area contributed by atoms with Crippen LogP contribution in [0.25, 0.3) is 0 Å². The molecular weight excluding hydrogens is 258 g/mol. The minimum atomic E-state index is 0.528. The predicted octanol–water partition coefficient (Wildman–Crippen LogP) is 2.61. The molecule has 0 amide bonds. The van der Waals surface area contributed by atoms with Crippen molar-refractivity contribution in [2.24, 2.45) is 0 Å². The molecule has 0 bridgehead atoms. The second kappa shape index (κ2) is 5.86. The van der Waals surface area contributed by atoms with E-state index < -0.39 is 0 Å². The van der Waals surface area contributed by atoms with Crippen molar-refractivity contribution in [1.29, 1.82) is 0 Å². The van der Waals surface area contributed by atoms with E-state index in [1.54, 1.807) is 17.6 Å². The van der Waals surface area contributed by atoms with Crippen LogP contribution >= 0.6 is 11.3 Å². The molecule has 4 nitrogen and oxygen atoms in total. The van der Waals surface area contributed by atoms with Crippen LogP contribution in [0, 0.1) is 0 Å². The first-order chi connectivity index (χ1) is 9.33. The number of hydrogen-bond acceptors (Lipinski definition) is 5. The maximum atomic E-state index is 4.88. The van der Waals surface area contributed by atoms with Gasteiger partial charge in [0.1, 0.15) is 6.26 Å². The molecule has 0 N–H and O–H groups in total. The van der Waals surface area contributed by atoms with E-state index in [0.29, 0.717) is 6.04 Å². The van der Waals surface area contributed by atoms with Crippen molar-refractivity contribution >= 4 is 11.3 Å². The summed E-state index contributed by atoms with van der Waals surface area (Å²) in [5.41, 5.74) is 2.47. The van der Waals surface area contributed by atoms with E-state index in [4.69, 9.17) is 4.52 Å². The number of piperazine rings is 1. The summed E-state index contributed by atoms with van der Waals surface area (Å²) >= 11 is 1.78. The lowest BCUT2D eigenvalue weighted by atomic mass is 10.1. The zero-order valence-electron chi connectivity index (χ0n) is 11.2. The summed E-state index contributed by atoms with van der Waals surface area (Å²) in [5.74, 6) is 0. The first-order valence-electron chi connectivity index (χ1n) is 6.70. The average molecular weight is 277 g/mol. The molecule has 1 unspecified atom stereocenters. The van der Waals surface area contributed by atoms with Crippen LogP contribution in [-0.2, 0) is 6.54 Å². The molecule has 3 rings (SSSR count). The van der Waals surface area contributed by atoms with Crippen molar-refractivity contribution in [3.63, 3.8) is 0 Å². The first-order valence-corrected chi connectivity index (χ1v) is 7.65. The summed E-state index contributed by atoms with van der Waals surface area (Å²) in [6.45, 7) is 7.64. The lowest BCUT2D eigenvalue weighted by molar-refractivity contribution is 0.0965. The molecule has 5 heteroatoms. The van der Waals surface area contributed by atoms with E-state index in [-0.39, 0.29) is 0 Å². The van der Waals surface area contributed by atoms with E-state index in [0.717, 1.165) is 38.4 Å². The fourth-order valence-electron chi connectivity index (χ4n) is 2.58. The van der Waals surface area contributed by atoms with Gasteiger partial charge in [-0.2, -0.15) is 11.3 Å². The summed E-state index contributed by atoms with van der Waals surface area (Å²) in [7, 11) is 0. The highest BCUT2D eigenvalue weighted by molar-refractivity contribution is 7.07. The normalized spacial score (nSPS) is 19.6. The molecule has 1 aliphatic heterocycles. The fourth-order valence-corrected chi connectivity index (χ4v) is 3.33. The number of aromatic nitrogens is 1. The van der Waals surface area contributed by atoms with E-state index in [2.05, 4.69) is 38.7 Å². The quantitative estimate of drug-likeness (QED) is 0.860. The molecule has 1 aliphatic rings. The zero-order valence-corrected chi connectivity index (χ0v) is 12.0. The van der Waals surface area contributed by atoms with Crippen LogP contribution in [0.3, 0.4) is 0 Å². The third-order valence-electron chi connectivity index (χ3n) is 3.86. The standard InChI is InChI=1S/C14H19N3OS/c1-12(13-3-9-19-11-13)17-6-4-16(5-7-17)10-14-2-8-18-15-14/h2-3,8-9,11-12H,4-7,10H2,1H3. The summed E-state index contributed by atoms with van der Waals surface area (Å²) in [6, 6.07) is 4.71. The Kier molecular flexibility index (Phi) is 3.96. The van der Waals surface area contributed by atoms with Gasteiger partial charge < -0.3 is 4.52 Å². The van der Waals surface area contributed by atoms with Crippen LogP contribution in [0.15, 0.2) is 33.7 Å². The molecule has 0 spiro atoms. The fraction of sp³-hybridized carbons (Fsp3) is 0.500. The zero-order chi connectivity index (χ0) is 13.1. The Balaban J connectivity index is 1.52. The Morgan fingerprint density at radius 1 is 1.32 bits per heavy atom. The van der Waals surface area contributed by atoms with Gasteiger partial charge in [-0.15, -0.1) is 0 Å². The van der Waals surface area contributed by atoms with Gasteiger partial charge in [0, 0.05) is 44.8 Å². The van der Waals surface area contributed by atoms with E-state index in [1.165, 1.54) is 5.56 Å². The monoisotopic (exact) mass is 277 g/mol. The van der Waals surface area contributed by atoms with Gasteiger partial charge in [-0.25, -0.2) is 0 Å². The van der Waals surface area contributed by atoms with Gasteiger partial charge in [0.2, 0.25) is 0 Å². The van der Waals surface area contributed by atoms with Crippen LogP contribution in [-0.4, -0.2) is 41.1 Å². The Bertz CT molecular complexity index is 475. The smallest absolute Gasteiger partial charge is 0.124 e.